The lowest BCUT2D eigenvalue weighted by Gasteiger charge is -2.31. The highest BCUT2D eigenvalue weighted by Gasteiger charge is 2.32. The Bertz CT molecular complexity index is 1550. The lowest BCUT2D eigenvalue weighted by molar-refractivity contribution is -0.157. The molecule has 2 N–H and O–H groups in total. The number of hydrogen-bond acceptors (Lipinski definition) is 12. The van der Waals surface area contributed by atoms with E-state index in [1.165, 1.54) is 11.8 Å². The summed E-state index contributed by atoms with van der Waals surface area (Å²) in [5.74, 6) is 2.44. The summed E-state index contributed by atoms with van der Waals surface area (Å²) in [6, 6.07) is 21.6. The Morgan fingerprint density at radius 3 is 1.58 bits per heavy atom. The first-order chi connectivity index (χ1) is 26.1. The van der Waals surface area contributed by atoms with Gasteiger partial charge in [0.15, 0.2) is 0 Å². The van der Waals surface area contributed by atoms with E-state index in [2.05, 4.69) is 5.32 Å². The third-order valence-corrected chi connectivity index (χ3v) is 8.99. The van der Waals surface area contributed by atoms with Crippen LogP contribution >= 0.6 is 11.8 Å². The third kappa shape index (κ3) is 17.6. The lowest BCUT2D eigenvalue weighted by Crippen LogP contribution is -2.46. The van der Waals surface area contributed by atoms with Crippen molar-refractivity contribution in [2.24, 2.45) is 0 Å². The Labute approximate surface area is 330 Å². The molecule has 0 heterocycles. The molecular weight excluding hydrogens is 727 g/mol. The van der Waals surface area contributed by atoms with Gasteiger partial charge in [-0.25, -0.2) is 9.59 Å². The molecule has 0 bridgehead atoms. The summed E-state index contributed by atoms with van der Waals surface area (Å²) in [5.41, 5.74) is 1.21. The van der Waals surface area contributed by atoms with Crippen molar-refractivity contribution in [2.75, 3.05) is 39.4 Å². The van der Waals surface area contributed by atoms with Crippen LogP contribution < -0.4 is 19.5 Å². The standard InChI is InChI=1S/C42H59NO11S/c1-41(2,3)53-39(45)35(43-40(46)54-42(4,5)6)22-23-55-28-37(51-25-30-12-18-33(48-8)19-13-30)38(52-26-31-14-20-34(49-9)21-15-31)36(44)27-50-24-29-10-16-32(47-7)17-11-29/h10-21,35-38,44H,22-28H2,1-9H3,(H,43,46)/t35-,36+,37+,38-/m0/s1. The average molecular weight is 786 g/mol. The average Bonchev–Trinajstić information content (AvgIpc) is 3.13. The first-order valence-electron chi connectivity index (χ1n) is 18.3. The lowest BCUT2D eigenvalue weighted by atomic mass is 10.1. The Morgan fingerprint density at radius 1 is 0.673 bits per heavy atom. The monoisotopic (exact) mass is 785 g/mol. The summed E-state index contributed by atoms with van der Waals surface area (Å²) in [6.45, 7) is 11.2. The molecule has 3 aromatic rings. The molecule has 4 atom stereocenters. The molecule has 1 amide bonds. The van der Waals surface area contributed by atoms with Crippen LogP contribution in [0.3, 0.4) is 0 Å². The van der Waals surface area contributed by atoms with E-state index in [1.807, 2.05) is 72.8 Å². The number of methoxy groups -OCH3 is 3. The molecular formula is C42H59NO11S. The van der Waals surface area contributed by atoms with Crippen molar-refractivity contribution in [1.29, 1.82) is 0 Å². The number of rotatable bonds is 22. The van der Waals surface area contributed by atoms with E-state index < -0.39 is 47.6 Å². The van der Waals surface area contributed by atoms with E-state index in [0.717, 1.165) is 33.9 Å². The smallest absolute Gasteiger partial charge is 0.408 e. The minimum absolute atomic E-state index is 0.0209. The van der Waals surface area contributed by atoms with Gasteiger partial charge in [0, 0.05) is 5.75 Å². The second-order valence-electron chi connectivity index (χ2n) is 14.8. The van der Waals surface area contributed by atoms with Crippen LogP contribution in [0.5, 0.6) is 17.2 Å². The highest BCUT2D eigenvalue weighted by molar-refractivity contribution is 7.99. The maximum atomic E-state index is 13.2. The topological polar surface area (TPSA) is 140 Å². The fourth-order valence-corrected chi connectivity index (χ4v) is 6.22. The molecule has 304 valence electrons. The summed E-state index contributed by atoms with van der Waals surface area (Å²) < 4.78 is 45.9. The first kappa shape index (κ1) is 45.4. The predicted molar refractivity (Wildman–Crippen MR) is 213 cm³/mol. The minimum Gasteiger partial charge on any atom is -0.497 e. The zero-order chi connectivity index (χ0) is 40.4. The summed E-state index contributed by atoms with van der Waals surface area (Å²) in [4.78, 5) is 25.9. The van der Waals surface area contributed by atoms with E-state index in [9.17, 15) is 14.7 Å². The molecule has 0 unspecified atom stereocenters. The van der Waals surface area contributed by atoms with Crippen LogP contribution in [0.2, 0.25) is 0 Å². The normalized spacial score (nSPS) is 13.9. The van der Waals surface area contributed by atoms with E-state index in [4.69, 9.17) is 37.9 Å². The second-order valence-corrected chi connectivity index (χ2v) is 16.0. The van der Waals surface area contributed by atoms with Crippen molar-refractivity contribution in [3.63, 3.8) is 0 Å². The molecule has 3 rings (SSSR count). The number of esters is 1. The van der Waals surface area contributed by atoms with E-state index in [0.29, 0.717) is 11.5 Å². The number of ether oxygens (including phenoxy) is 8. The molecule has 0 aliphatic carbocycles. The molecule has 3 aromatic carbocycles. The number of nitrogens with one attached hydrogen (secondary N) is 1. The number of benzene rings is 3. The van der Waals surface area contributed by atoms with Crippen molar-refractivity contribution in [1.82, 2.24) is 5.32 Å². The maximum absolute atomic E-state index is 13.2. The van der Waals surface area contributed by atoms with Crippen LogP contribution in [0.15, 0.2) is 72.8 Å². The number of amides is 1. The summed E-state index contributed by atoms with van der Waals surface area (Å²) in [6.07, 6.45) is -2.95. The maximum Gasteiger partial charge on any atom is 0.408 e. The molecule has 55 heavy (non-hydrogen) atoms. The summed E-state index contributed by atoms with van der Waals surface area (Å²) >= 11 is 1.50. The van der Waals surface area contributed by atoms with Gasteiger partial charge >= 0.3 is 12.1 Å². The van der Waals surface area contributed by atoms with Crippen molar-refractivity contribution in [3.8, 4) is 17.2 Å². The quantitative estimate of drug-likeness (QED) is 0.0792. The number of alkyl carbamates (subject to hydrolysis) is 1. The second kappa shape index (κ2) is 22.5. The number of hydrogen-bond donors (Lipinski definition) is 2. The van der Waals surface area contributed by atoms with Crippen LogP contribution in [0.25, 0.3) is 0 Å². The van der Waals surface area contributed by atoms with Gasteiger partial charge in [-0.15, -0.1) is 0 Å². The van der Waals surface area contributed by atoms with Crippen LogP contribution in [0.1, 0.15) is 64.7 Å². The molecule has 0 aliphatic rings. The number of aliphatic hydroxyl groups is 1. The molecule has 0 spiro atoms. The van der Waals surface area contributed by atoms with Gasteiger partial charge in [-0.05, 0) is 107 Å². The molecule has 0 aliphatic heterocycles. The summed E-state index contributed by atoms with van der Waals surface area (Å²) in [7, 11) is 4.83. The Balaban J connectivity index is 1.81. The molecule has 0 saturated heterocycles. The van der Waals surface area contributed by atoms with Crippen molar-refractivity contribution in [2.45, 2.75) is 103 Å². The van der Waals surface area contributed by atoms with Crippen LogP contribution in [0.4, 0.5) is 4.79 Å². The Hall–Kier alpha value is -4.01. The largest absolute Gasteiger partial charge is 0.497 e. The van der Waals surface area contributed by atoms with Gasteiger partial charge in [-0.3, -0.25) is 0 Å². The SMILES string of the molecule is COc1ccc(COC[C@@H](O)[C@H](OCc2ccc(OC)cc2)[C@@H](CSCC[C@H](NC(=O)OC(C)(C)C)C(=O)OC(C)(C)C)OCc2ccc(OC)cc2)cc1. The molecule has 13 heteroatoms. The number of thioether (sulfide) groups is 1. The molecule has 0 aromatic heterocycles. The molecule has 12 nitrogen and oxygen atoms in total. The van der Waals surface area contributed by atoms with Gasteiger partial charge in [0.1, 0.15) is 46.7 Å². The van der Waals surface area contributed by atoms with Crippen LogP contribution in [-0.2, 0) is 48.3 Å². The summed E-state index contributed by atoms with van der Waals surface area (Å²) in [5, 5.41) is 14.3. The predicted octanol–water partition coefficient (Wildman–Crippen LogP) is 7.12. The number of carbonyl (C=O) groups is 2. The Morgan fingerprint density at radius 2 is 1.13 bits per heavy atom. The highest BCUT2D eigenvalue weighted by atomic mass is 32.2. The van der Waals surface area contributed by atoms with Gasteiger partial charge in [0.05, 0.1) is 53.9 Å². The van der Waals surface area contributed by atoms with Crippen LogP contribution in [0, 0.1) is 0 Å². The van der Waals surface area contributed by atoms with Crippen LogP contribution in [-0.4, -0.2) is 92.2 Å². The zero-order valence-electron chi connectivity index (χ0n) is 33.6. The first-order valence-corrected chi connectivity index (χ1v) is 19.4. The van der Waals surface area contributed by atoms with Crippen molar-refractivity contribution >= 4 is 23.8 Å². The third-order valence-electron chi connectivity index (χ3n) is 7.90. The molecule has 0 fully saturated rings. The van der Waals surface area contributed by atoms with Gasteiger partial charge in [-0.1, -0.05) is 36.4 Å². The Kier molecular flexibility index (Phi) is 18.6. The van der Waals surface area contributed by atoms with Gasteiger partial charge < -0.3 is 48.3 Å². The van der Waals surface area contributed by atoms with E-state index >= 15 is 0 Å². The van der Waals surface area contributed by atoms with Gasteiger partial charge in [-0.2, -0.15) is 11.8 Å². The van der Waals surface area contributed by atoms with E-state index in [1.54, 1.807) is 62.9 Å². The van der Waals surface area contributed by atoms with E-state index in [-0.39, 0.29) is 32.8 Å². The van der Waals surface area contributed by atoms with Gasteiger partial charge in [0.25, 0.3) is 0 Å². The van der Waals surface area contributed by atoms with Crippen molar-refractivity contribution in [3.05, 3.63) is 89.5 Å². The van der Waals surface area contributed by atoms with Gasteiger partial charge in [0.2, 0.25) is 0 Å². The molecule has 0 radical (unpaired) electrons. The highest BCUT2D eigenvalue weighted by Crippen LogP contribution is 2.23. The number of aliphatic hydroxyl groups excluding tert-OH is 1. The number of carbonyl (C=O) groups excluding carboxylic acids is 2. The zero-order valence-corrected chi connectivity index (χ0v) is 34.4. The fraction of sp³-hybridized carbons (Fsp3) is 0.524. The fourth-order valence-electron chi connectivity index (χ4n) is 5.13. The van der Waals surface area contributed by atoms with Crippen molar-refractivity contribution < 1.29 is 52.6 Å². The minimum atomic E-state index is -1.07. The molecule has 0 saturated carbocycles.